The zero-order valence-electron chi connectivity index (χ0n) is 14.9. The van der Waals surface area contributed by atoms with Crippen molar-refractivity contribution in [1.82, 2.24) is 9.80 Å². The fraction of sp³-hybridized carbons (Fsp3) is 0.600. The molecule has 0 aromatic heterocycles. The summed E-state index contributed by atoms with van der Waals surface area (Å²) in [4.78, 5) is 28.5. The van der Waals surface area contributed by atoms with Crippen LogP contribution in [0.3, 0.4) is 0 Å². The second-order valence-electron chi connectivity index (χ2n) is 8.03. The molecule has 3 fully saturated rings. The second-order valence-corrected chi connectivity index (χ2v) is 8.03. The predicted octanol–water partition coefficient (Wildman–Crippen LogP) is 2.25. The van der Waals surface area contributed by atoms with Crippen LogP contribution in [0.2, 0.25) is 0 Å². The molecule has 1 atom stereocenters. The third kappa shape index (κ3) is 3.34. The molecule has 2 heterocycles. The van der Waals surface area contributed by atoms with Gasteiger partial charge in [0.1, 0.15) is 5.82 Å². The Morgan fingerprint density at radius 3 is 2.42 bits per heavy atom. The van der Waals surface area contributed by atoms with Crippen molar-refractivity contribution in [2.45, 2.75) is 50.7 Å². The third-order valence-corrected chi connectivity index (χ3v) is 6.24. The number of hydrogen-bond acceptors (Lipinski definition) is 3. The summed E-state index contributed by atoms with van der Waals surface area (Å²) in [7, 11) is 0. The van der Waals surface area contributed by atoms with Gasteiger partial charge in [-0.2, -0.15) is 0 Å². The van der Waals surface area contributed by atoms with E-state index in [1.165, 1.54) is 24.3 Å². The molecule has 2 aliphatic heterocycles. The zero-order chi connectivity index (χ0) is 18.3. The van der Waals surface area contributed by atoms with E-state index in [4.69, 9.17) is 0 Å². The van der Waals surface area contributed by atoms with Gasteiger partial charge < -0.3 is 14.9 Å². The maximum absolute atomic E-state index is 13.0. The molecule has 2 saturated heterocycles. The van der Waals surface area contributed by atoms with Crippen molar-refractivity contribution in [3.05, 3.63) is 35.6 Å². The van der Waals surface area contributed by atoms with Crippen LogP contribution in [-0.4, -0.2) is 52.4 Å². The number of carbonyl (C=O) groups is 2. The van der Waals surface area contributed by atoms with E-state index in [0.717, 1.165) is 38.6 Å². The molecule has 1 aromatic carbocycles. The van der Waals surface area contributed by atoms with Crippen LogP contribution in [0, 0.1) is 11.2 Å². The van der Waals surface area contributed by atoms with Gasteiger partial charge in [-0.25, -0.2) is 4.39 Å². The molecular weight excluding hydrogens is 335 g/mol. The summed E-state index contributed by atoms with van der Waals surface area (Å²) >= 11 is 0. The lowest BCUT2D eigenvalue weighted by molar-refractivity contribution is -0.147. The fourth-order valence-corrected chi connectivity index (χ4v) is 4.33. The highest BCUT2D eigenvalue weighted by Crippen LogP contribution is 2.43. The summed E-state index contributed by atoms with van der Waals surface area (Å²) in [6.45, 7) is 2.02. The first-order valence-electron chi connectivity index (χ1n) is 9.49. The summed E-state index contributed by atoms with van der Waals surface area (Å²) in [5.74, 6) is -0.430. The van der Waals surface area contributed by atoms with Crippen LogP contribution in [0.4, 0.5) is 4.39 Å². The lowest BCUT2D eigenvalue weighted by atomic mass is 9.72. The molecule has 1 spiro atoms. The number of amides is 2. The highest BCUT2D eigenvalue weighted by atomic mass is 19.1. The fourth-order valence-electron chi connectivity index (χ4n) is 4.33. The SMILES string of the molecule is O=C(C(O)c1ccc(F)cc1)N1CCC2(CCC(=O)N(C3CC3)C2)CC1. The smallest absolute Gasteiger partial charge is 0.256 e. The largest absolute Gasteiger partial charge is 0.378 e. The van der Waals surface area contributed by atoms with Gasteiger partial charge in [0, 0.05) is 32.1 Å². The molecule has 26 heavy (non-hydrogen) atoms. The Bertz CT molecular complexity index is 694. The normalized spacial score (nSPS) is 24.0. The van der Waals surface area contributed by atoms with E-state index in [1.54, 1.807) is 4.90 Å². The first kappa shape index (κ1) is 17.5. The van der Waals surface area contributed by atoms with Gasteiger partial charge in [-0.1, -0.05) is 12.1 Å². The summed E-state index contributed by atoms with van der Waals surface area (Å²) in [6, 6.07) is 5.85. The Kier molecular flexibility index (Phi) is 4.47. The maximum atomic E-state index is 13.0. The number of hydrogen-bond donors (Lipinski definition) is 1. The Hall–Kier alpha value is -1.95. The van der Waals surface area contributed by atoms with Crippen molar-refractivity contribution in [2.75, 3.05) is 19.6 Å². The van der Waals surface area contributed by atoms with Crippen LogP contribution < -0.4 is 0 Å². The second kappa shape index (κ2) is 6.65. The number of carbonyl (C=O) groups excluding carboxylic acids is 2. The number of halogens is 1. The summed E-state index contributed by atoms with van der Waals surface area (Å²) in [5.41, 5.74) is 0.536. The van der Waals surface area contributed by atoms with E-state index in [-0.39, 0.29) is 23.0 Å². The lowest BCUT2D eigenvalue weighted by Gasteiger charge is -2.47. The first-order chi connectivity index (χ1) is 12.5. The van der Waals surface area contributed by atoms with E-state index in [1.807, 2.05) is 0 Å². The van der Waals surface area contributed by atoms with Gasteiger partial charge in [0.2, 0.25) is 5.91 Å². The highest BCUT2D eigenvalue weighted by Gasteiger charge is 2.45. The third-order valence-electron chi connectivity index (χ3n) is 6.24. The molecule has 1 saturated carbocycles. The molecule has 1 unspecified atom stereocenters. The summed E-state index contributed by atoms with van der Waals surface area (Å²) in [6.07, 6.45) is 4.24. The van der Waals surface area contributed by atoms with E-state index in [9.17, 15) is 19.1 Å². The van der Waals surface area contributed by atoms with E-state index >= 15 is 0 Å². The molecule has 0 radical (unpaired) electrons. The van der Waals surface area contributed by atoms with Crippen LogP contribution in [-0.2, 0) is 9.59 Å². The number of aliphatic hydroxyl groups is 1. The van der Waals surface area contributed by atoms with Gasteiger partial charge in [0.05, 0.1) is 0 Å². The lowest BCUT2D eigenvalue weighted by Crippen LogP contribution is -2.53. The van der Waals surface area contributed by atoms with Crippen molar-refractivity contribution in [1.29, 1.82) is 0 Å². The number of nitrogens with zero attached hydrogens (tertiary/aromatic N) is 2. The summed E-state index contributed by atoms with van der Waals surface area (Å²) in [5, 5.41) is 10.3. The molecule has 6 heteroatoms. The van der Waals surface area contributed by atoms with Crippen LogP contribution in [0.15, 0.2) is 24.3 Å². The number of likely N-dealkylation sites (tertiary alicyclic amines) is 2. The average Bonchev–Trinajstić information content (AvgIpc) is 3.49. The molecular formula is C20H25FN2O3. The van der Waals surface area contributed by atoms with Gasteiger partial charge in [-0.3, -0.25) is 9.59 Å². The monoisotopic (exact) mass is 360 g/mol. The topological polar surface area (TPSA) is 60.9 Å². The Morgan fingerprint density at radius 1 is 1.15 bits per heavy atom. The zero-order valence-corrected chi connectivity index (χ0v) is 14.9. The van der Waals surface area contributed by atoms with E-state index in [2.05, 4.69) is 4.90 Å². The van der Waals surface area contributed by atoms with Crippen molar-refractivity contribution < 1.29 is 19.1 Å². The van der Waals surface area contributed by atoms with Gasteiger partial charge >= 0.3 is 0 Å². The Labute approximate surface area is 152 Å². The summed E-state index contributed by atoms with van der Waals surface area (Å²) < 4.78 is 13.0. The molecule has 1 aromatic rings. The van der Waals surface area contributed by atoms with Gasteiger partial charge in [0.25, 0.3) is 5.91 Å². The van der Waals surface area contributed by atoms with Crippen molar-refractivity contribution in [3.63, 3.8) is 0 Å². The maximum Gasteiger partial charge on any atom is 0.256 e. The molecule has 4 rings (SSSR count). The van der Waals surface area contributed by atoms with Crippen LogP contribution >= 0.6 is 0 Å². The Morgan fingerprint density at radius 2 is 1.81 bits per heavy atom. The first-order valence-corrected chi connectivity index (χ1v) is 9.49. The molecule has 1 N–H and O–H groups in total. The van der Waals surface area contributed by atoms with Crippen molar-refractivity contribution in [3.8, 4) is 0 Å². The Balaban J connectivity index is 1.37. The number of benzene rings is 1. The highest BCUT2D eigenvalue weighted by molar-refractivity contribution is 5.82. The number of rotatable bonds is 3. The van der Waals surface area contributed by atoms with Gasteiger partial charge in [-0.15, -0.1) is 0 Å². The molecule has 5 nitrogen and oxygen atoms in total. The van der Waals surface area contributed by atoms with Crippen molar-refractivity contribution in [2.24, 2.45) is 5.41 Å². The minimum Gasteiger partial charge on any atom is -0.378 e. The molecule has 3 aliphatic rings. The van der Waals surface area contributed by atoms with E-state index < -0.39 is 6.10 Å². The molecule has 140 valence electrons. The minimum atomic E-state index is -1.25. The standard InChI is InChI=1S/C20H25FN2O3/c21-15-3-1-14(2-4-15)18(25)19(26)22-11-9-20(10-12-22)8-7-17(24)23(13-20)16-5-6-16/h1-4,16,18,25H,5-13H2. The molecule has 0 bridgehead atoms. The van der Waals surface area contributed by atoms with Gasteiger partial charge in [0.15, 0.2) is 6.10 Å². The average molecular weight is 360 g/mol. The molecule has 1 aliphatic carbocycles. The van der Waals surface area contributed by atoms with E-state index in [0.29, 0.717) is 31.1 Å². The predicted molar refractivity (Wildman–Crippen MR) is 93.6 cm³/mol. The quantitative estimate of drug-likeness (QED) is 0.899. The van der Waals surface area contributed by atoms with Crippen molar-refractivity contribution >= 4 is 11.8 Å². The minimum absolute atomic E-state index is 0.119. The van der Waals surface area contributed by atoms with Gasteiger partial charge in [-0.05, 0) is 55.2 Å². The number of aliphatic hydroxyl groups excluding tert-OH is 1. The number of piperidine rings is 2. The molecule has 2 amide bonds. The van der Waals surface area contributed by atoms with Crippen LogP contribution in [0.25, 0.3) is 0 Å². The van der Waals surface area contributed by atoms with Crippen LogP contribution in [0.1, 0.15) is 50.2 Å². The van der Waals surface area contributed by atoms with Crippen LogP contribution in [0.5, 0.6) is 0 Å².